The number of carbonyl (C=O) groups is 1. The molecule has 13 heteroatoms. The molecule has 0 radical (unpaired) electrons. The third-order valence-electron chi connectivity index (χ3n) is 5.53. The van der Waals surface area contributed by atoms with Crippen molar-refractivity contribution >= 4 is 21.6 Å². The molecule has 34 heavy (non-hydrogen) atoms. The van der Waals surface area contributed by atoms with E-state index in [9.17, 15) is 22.0 Å². The molecule has 3 aliphatic rings. The van der Waals surface area contributed by atoms with Crippen molar-refractivity contribution in [2.24, 2.45) is 0 Å². The number of rotatable bonds is 5. The Labute approximate surface area is 194 Å². The van der Waals surface area contributed by atoms with Crippen LogP contribution in [0.3, 0.4) is 0 Å². The van der Waals surface area contributed by atoms with Crippen LogP contribution in [-0.4, -0.2) is 75.8 Å². The van der Waals surface area contributed by atoms with Crippen molar-refractivity contribution in [3.05, 3.63) is 36.4 Å². The number of nitrogens with zero attached hydrogens (tertiary/aromatic N) is 2. The highest BCUT2D eigenvalue weighted by Crippen LogP contribution is 2.42. The fourth-order valence-electron chi connectivity index (χ4n) is 3.89. The number of ether oxygens (including phenoxy) is 4. The lowest BCUT2D eigenvalue weighted by Crippen LogP contribution is -2.50. The number of carbonyl (C=O) groups excluding carboxylic acids is 1. The largest absolute Gasteiger partial charge is 0.586 e. The third-order valence-corrected chi connectivity index (χ3v) is 7.43. The second kappa shape index (κ2) is 8.56. The summed E-state index contributed by atoms with van der Waals surface area (Å²) in [5.74, 6) is 0.264. The van der Waals surface area contributed by atoms with Crippen LogP contribution in [0.1, 0.15) is 0 Å². The molecular formula is C21H21F2N3O7S. The number of halogens is 2. The maximum Gasteiger partial charge on any atom is 0.586 e. The van der Waals surface area contributed by atoms with E-state index in [2.05, 4.69) is 14.8 Å². The van der Waals surface area contributed by atoms with Crippen LogP contribution in [0.4, 0.5) is 14.5 Å². The van der Waals surface area contributed by atoms with Crippen molar-refractivity contribution in [1.29, 1.82) is 0 Å². The summed E-state index contributed by atoms with van der Waals surface area (Å²) in [7, 11) is -3.73. The normalized spacial score (nSPS) is 19.6. The molecule has 0 aromatic heterocycles. The van der Waals surface area contributed by atoms with Crippen LogP contribution in [0.5, 0.6) is 23.0 Å². The highest BCUT2D eigenvalue weighted by molar-refractivity contribution is 7.89. The van der Waals surface area contributed by atoms with Gasteiger partial charge in [0.2, 0.25) is 15.9 Å². The molecule has 5 rings (SSSR count). The smallest absolute Gasteiger partial charge is 0.486 e. The van der Waals surface area contributed by atoms with E-state index in [0.29, 0.717) is 37.8 Å². The number of sulfonamides is 1. The molecule has 0 atom stereocenters. The molecular weight excluding hydrogens is 476 g/mol. The molecule has 0 saturated carbocycles. The van der Waals surface area contributed by atoms with Gasteiger partial charge in [-0.25, -0.2) is 8.42 Å². The van der Waals surface area contributed by atoms with E-state index in [-0.39, 0.29) is 47.6 Å². The van der Waals surface area contributed by atoms with Crippen molar-refractivity contribution in [2.75, 3.05) is 51.3 Å². The summed E-state index contributed by atoms with van der Waals surface area (Å²) in [4.78, 5) is 14.3. The first-order valence-corrected chi connectivity index (χ1v) is 12.0. The van der Waals surface area contributed by atoms with Gasteiger partial charge in [-0.05, 0) is 24.3 Å². The van der Waals surface area contributed by atoms with Gasteiger partial charge in [-0.2, -0.15) is 4.31 Å². The summed E-state index contributed by atoms with van der Waals surface area (Å²) in [6.07, 6.45) is -3.73. The van der Waals surface area contributed by atoms with E-state index < -0.39 is 16.3 Å². The number of amides is 1. The van der Waals surface area contributed by atoms with E-state index in [4.69, 9.17) is 9.47 Å². The fraction of sp³-hybridized carbons (Fsp3) is 0.381. The standard InChI is InChI=1S/C21H21F2N3O7S/c22-21(23)32-17-3-1-14(11-19(17)33-21)24-20(27)13-25-5-7-26(8-6-25)34(28,29)15-2-4-16-18(12-15)31-10-9-30-16/h1-4,11-12H,5-10,13H2,(H,24,27). The summed E-state index contributed by atoms with van der Waals surface area (Å²) < 4.78 is 73.4. The number of anilines is 1. The molecule has 3 aliphatic heterocycles. The Kier molecular flexibility index (Phi) is 5.70. The van der Waals surface area contributed by atoms with Gasteiger partial charge in [-0.3, -0.25) is 9.69 Å². The van der Waals surface area contributed by atoms with E-state index in [0.717, 1.165) is 0 Å². The first kappa shape index (κ1) is 22.6. The maximum absolute atomic E-state index is 13.1. The van der Waals surface area contributed by atoms with Crippen LogP contribution in [-0.2, 0) is 14.8 Å². The number of hydrogen-bond acceptors (Lipinski definition) is 8. The van der Waals surface area contributed by atoms with Crippen LogP contribution in [0.2, 0.25) is 0 Å². The van der Waals surface area contributed by atoms with Gasteiger partial charge in [0.1, 0.15) is 13.2 Å². The second-order valence-electron chi connectivity index (χ2n) is 7.86. The number of piperazine rings is 1. The molecule has 3 heterocycles. The summed E-state index contributed by atoms with van der Waals surface area (Å²) in [6.45, 7) is 1.92. The van der Waals surface area contributed by atoms with E-state index in [1.165, 1.54) is 34.6 Å². The van der Waals surface area contributed by atoms with Crippen LogP contribution < -0.4 is 24.3 Å². The van der Waals surface area contributed by atoms with Gasteiger partial charge in [0.25, 0.3) is 0 Å². The molecule has 2 aromatic rings. The number of hydrogen-bond donors (Lipinski definition) is 1. The van der Waals surface area contributed by atoms with Crippen molar-refractivity contribution in [2.45, 2.75) is 11.2 Å². The topological polar surface area (TPSA) is 107 Å². The first-order chi connectivity index (χ1) is 16.2. The molecule has 1 N–H and O–H groups in total. The number of fused-ring (bicyclic) bond motifs is 2. The Morgan fingerprint density at radius 2 is 1.59 bits per heavy atom. The van der Waals surface area contributed by atoms with Crippen LogP contribution in [0, 0.1) is 0 Å². The lowest BCUT2D eigenvalue weighted by Gasteiger charge is -2.33. The molecule has 182 valence electrons. The minimum atomic E-state index is -3.73. The van der Waals surface area contributed by atoms with Crippen molar-refractivity contribution in [1.82, 2.24) is 9.21 Å². The summed E-state index contributed by atoms with van der Waals surface area (Å²) in [6, 6.07) is 8.51. The third kappa shape index (κ3) is 4.58. The fourth-order valence-corrected chi connectivity index (χ4v) is 5.33. The lowest BCUT2D eigenvalue weighted by atomic mass is 10.2. The Morgan fingerprint density at radius 1 is 0.912 bits per heavy atom. The average molecular weight is 497 g/mol. The molecule has 10 nitrogen and oxygen atoms in total. The van der Waals surface area contributed by atoms with Crippen LogP contribution in [0.25, 0.3) is 0 Å². The number of benzene rings is 2. The Morgan fingerprint density at radius 3 is 2.35 bits per heavy atom. The molecule has 2 aromatic carbocycles. The molecule has 0 bridgehead atoms. The van der Waals surface area contributed by atoms with Gasteiger partial charge in [0.15, 0.2) is 23.0 Å². The molecule has 1 fully saturated rings. The molecule has 1 amide bonds. The maximum atomic E-state index is 13.1. The molecule has 0 unspecified atom stereocenters. The quantitative estimate of drug-likeness (QED) is 0.666. The SMILES string of the molecule is O=C(CN1CCN(S(=O)(=O)c2ccc3c(c2)OCCO3)CC1)Nc1ccc2c(c1)OC(F)(F)O2. The second-order valence-corrected chi connectivity index (χ2v) is 9.80. The monoisotopic (exact) mass is 497 g/mol. The molecule has 0 aliphatic carbocycles. The zero-order valence-corrected chi connectivity index (χ0v) is 18.6. The van der Waals surface area contributed by atoms with Gasteiger partial charge in [0.05, 0.1) is 11.4 Å². The van der Waals surface area contributed by atoms with Gasteiger partial charge in [-0.1, -0.05) is 0 Å². The molecule has 1 saturated heterocycles. The van der Waals surface area contributed by atoms with Crippen molar-refractivity contribution in [3.8, 4) is 23.0 Å². The number of nitrogens with one attached hydrogen (secondary N) is 1. The number of alkyl halides is 2. The lowest BCUT2D eigenvalue weighted by molar-refractivity contribution is -0.286. The zero-order valence-electron chi connectivity index (χ0n) is 17.8. The van der Waals surface area contributed by atoms with E-state index in [1.807, 2.05) is 4.90 Å². The van der Waals surface area contributed by atoms with Crippen molar-refractivity contribution in [3.63, 3.8) is 0 Å². The van der Waals surface area contributed by atoms with E-state index in [1.54, 1.807) is 6.07 Å². The predicted octanol–water partition coefficient (Wildman–Crippen LogP) is 1.72. The van der Waals surface area contributed by atoms with Gasteiger partial charge in [-0.15, -0.1) is 8.78 Å². The summed E-state index contributed by atoms with van der Waals surface area (Å²) >= 11 is 0. The van der Waals surface area contributed by atoms with E-state index >= 15 is 0 Å². The Bertz CT molecular complexity index is 1220. The van der Waals surface area contributed by atoms with Gasteiger partial charge < -0.3 is 24.3 Å². The van der Waals surface area contributed by atoms with Gasteiger partial charge in [0, 0.05) is 44.0 Å². The molecule has 0 spiro atoms. The minimum absolute atomic E-state index is 0.0164. The first-order valence-electron chi connectivity index (χ1n) is 10.5. The summed E-state index contributed by atoms with van der Waals surface area (Å²) in [5, 5.41) is 2.62. The average Bonchev–Trinajstić information content (AvgIpc) is 3.12. The van der Waals surface area contributed by atoms with Crippen molar-refractivity contribution < 1.29 is 40.9 Å². The Hall–Kier alpha value is -3.16. The highest BCUT2D eigenvalue weighted by atomic mass is 32.2. The van der Waals surface area contributed by atoms with Gasteiger partial charge >= 0.3 is 6.29 Å². The van der Waals surface area contributed by atoms with Crippen LogP contribution >= 0.6 is 0 Å². The Balaban J connectivity index is 1.15. The zero-order chi connectivity index (χ0) is 23.9. The highest BCUT2D eigenvalue weighted by Gasteiger charge is 2.43. The van der Waals surface area contributed by atoms with Crippen LogP contribution in [0.15, 0.2) is 41.3 Å². The predicted molar refractivity (Wildman–Crippen MR) is 114 cm³/mol. The summed E-state index contributed by atoms with van der Waals surface area (Å²) in [5.41, 5.74) is 0.282. The minimum Gasteiger partial charge on any atom is -0.486 e.